The van der Waals surface area contributed by atoms with Gasteiger partial charge in [-0.25, -0.2) is 0 Å². The lowest BCUT2D eigenvalue weighted by atomic mass is 9.66. The average molecular weight is 728 g/mol. The number of hydrogen-bond donors (Lipinski definition) is 5. The quantitative estimate of drug-likeness (QED) is 0.208. The van der Waals surface area contributed by atoms with Gasteiger partial charge in [0, 0.05) is 48.4 Å². The number of benzene rings is 2. The van der Waals surface area contributed by atoms with Crippen LogP contribution < -0.4 is 0 Å². The Morgan fingerprint density at radius 2 is 1.63 bits per heavy atom. The van der Waals surface area contributed by atoms with Crippen LogP contribution in [-0.2, 0) is 33.3 Å². The van der Waals surface area contributed by atoms with E-state index in [9.17, 15) is 44.7 Å². The molecular weight excluding hydrogens is 682 g/mol. The lowest BCUT2D eigenvalue weighted by Gasteiger charge is -2.48. The van der Waals surface area contributed by atoms with Crippen molar-refractivity contribution in [2.75, 3.05) is 21.2 Å². The summed E-state index contributed by atoms with van der Waals surface area (Å²) in [6, 6.07) is 4.88. The third-order valence-corrected chi connectivity index (χ3v) is 10.7. The molecule has 15 nitrogen and oxygen atoms in total. The van der Waals surface area contributed by atoms with Crippen molar-refractivity contribution in [3.63, 3.8) is 0 Å². The predicted octanol–water partition coefficient (Wildman–Crippen LogP) is 1.61. The number of ketones is 3. The largest absolute Gasteiger partial charge is 0.507 e. The van der Waals surface area contributed by atoms with Gasteiger partial charge in [0.1, 0.15) is 35.4 Å². The van der Waals surface area contributed by atoms with Crippen LogP contribution in [0.5, 0.6) is 11.5 Å². The summed E-state index contributed by atoms with van der Waals surface area (Å²) in [5, 5.41) is 55.1. The minimum Gasteiger partial charge on any atom is -0.507 e. The minimum absolute atomic E-state index is 0.0385. The monoisotopic (exact) mass is 727 g/mol. The number of phenols is 2. The van der Waals surface area contributed by atoms with Gasteiger partial charge in [-0.3, -0.25) is 19.2 Å². The third kappa shape index (κ3) is 6.53. The van der Waals surface area contributed by atoms with Gasteiger partial charge >= 0.3 is 5.97 Å². The van der Waals surface area contributed by atoms with Crippen molar-refractivity contribution < 1.29 is 68.4 Å². The number of carbonyl (C=O) groups is 4. The van der Waals surface area contributed by atoms with Crippen molar-refractivity contribution in [3.8, 4) is 11.5 Å². The highest BCUT2D eigenvalue weighted by molar-refractivity contribution is 6.30. The molecule has 15 heteroatoms. The number of nitrogens with zero attached hydrogens (tertiary/aromatic N) is 1. The lowest BCUT2D eigenvalue weighted by molar-refractivity contribution is -0.310. The first-order chi connectivity index (χ1) is 24.5. The lowest BCUT2D eigenvalue weighted by Crippen LogP contribution is -2.57. The zero-order valence-electron chi connectivity index (χ0n) is 29.8. The maximum Gasteiger partial charge on any atom is 0.316 e. The number of likely N-dealkylation sites (N-methyl/N-ethyl adjacent to an activating group) is 1. The highest BCUT2D eigenvalue weighted by Gasteiger charge is 2.54. The van der Waals surface area contributed by atoms with Gasteiger partial charge in [0.2, 0.25) is 5.78 Å². The first-order valence-electron chi connectivity index (χ1n) is 17.2. The maximum absolute atomic E-state index is 13.9. The number of aromatic hydroxyl groups is 2. The normalized spacial score (nSPS) is 34.3. The van der Waals surface area contributed by atoms with Crippen LogP contribution in [0.25, 0.3) is 0 Å². The Bertz CT molecular complexity index is 1760. The molecule has 0 spiro atoms. The summed E-state index contributed by atoms with van der Waals surface area (Å²) in [6.07, 6.45) is -7.86. The zero-order valence-corrected chi connectivity index (χ0v) is 29.8. The number of esters is 1. The van der Waals surface area contributed by atoms with E-state index in [0.29, 0.717) is 0 Å². The Kier molecular flexibility index (Phi) is 10.4. The number of rotatable bonds is 8. The van der Waals surface area contributed by atoms with Gasteiger partial charge in [0.15, 0.2) is 18.4 Å². The standard InChI is InChI=1S/C37H45NO14/c1-15(39)13-37(47)14-24(51-25-11-21(38(4)5)35(17(3)50-25)52-26-12-23(41)31(42)16(2)49-26)28-19(30(37)36(46)48-6)10-20-29(34(28)45)33(44)27-18(32(20)43)8-7-9-22(27)40/h7-10,16-17,21,23-26,30-31,35,40-42,45,47H,11-14H2,1-6H3/t16-,17+,21+,23-,24+,25-,26-,30+,31+,35-,37-/m1/s1. The second-order valence-electron chi connectivity index (χ2n) is 14.5. The number of ether oxygens (including phenoxy) is 5. The molecule has 0 aromatic heterocycles. The zero-order chi connectivity index (χ0) is 38.0. The molecule has 2 aromatic rings. The van der Waals surface area contributed by atoms with E-state index >= 15 is 0 Å². The molecule has 2 heterocycles. The van der Waals surface area contributed by atoms with Gasteiger partial charge in [0.25, 0.3) is 0 Å². The van der Waals surface area contributed by atoms with Crippen LogP contribution in [0, 0.1) is 0 Å². The Balaban J connectivity index is 1.40. The van der Waals surface area contributed by atoms with Crippen LogP contribution in [0.4, 0.5) is 0 Å². The molecule has 52 heavy (non-hydrogen) atoms. The van der Waals surface area contributed by atoms with E-state index in [1.54, 1.807) is 13.8 Å². The van der Waals surface area contributed by atoms with Crippen molar-refractivity contribution in [2.24, 2.45) is 0 Å². The molecule has 282 valence electrons. The van der Waals surface area contributed by atoms with Gasteiger partial charge in [-0.05, 0) is 52.6 Å². The molecule has 4 aliphatic rings. The molecular formula is C37H45NO14. The molecule has 0 amide bonds. The summed E-state index contributed by atoms with van der Waals surface area (Å²) in [7, 11) is 4.76. The fourth-order valence-electron chi connectivity index (χ4n) is 8.23. The van der Waals surface area contributed by atoms with Crippen molar-refractivity contribution in [1.29, 1.82) is 0 Å². The van der Waals surface area contributed by atoms with Gasteiger partial charge in [-0.2, -0.15) is 0 Å². The average Bonchev–Trinajstić information content (AvgIpc) is 3.05. The van der Waals surface area contributed by atoms with Crippen molar-refractivity contribution in [2.45, 2.75) is 113 Å². The van der Waals surface area contributed by atoms with Gasteiger partial charge in [0.05, 0.1) is 48.3 Å². The number of methoxy groups -OCH3 is 1. The maximum atomic E-state index is 13.9. The van der Waals surface area contributed by atoms with Crippen molar-refractivity contribution >= 4 is 23.3 Å². The van der Waals surface area contributed by atoms with Crippen LogP contribution >= 0.6 is 0 Å². The highest BCUT2D eigenvalue weighted by atomic mass is 16.7. The summed E-state index contributed by atoms with van der Waals surface area (Å²) in [6.45, 7) is 4.64. The smallest absolute Gasteiger partial charge is 0.316 e. The molecule has 2 saturated heterocycles. The molecule has 0 radical (unpaired) electrons. The molecule has 2 aliphatic heterocycles. The summed E-state index contributed by atoms with van der Waals surface area (Å²) >= 11 is 0. The summed E-state index contributed by atoms with van der Waals surface area (Å²) in [5.74, 6) is -5.63. The molecule has 0 unspecified atom stereocenters. The molecule has 11 atom stereocenters. The van der Waals surface area contributed by atoms with Crippen molar-refractivity contribution in [3.05, 3.63) is 57.6 Å². The molecule has 0 bridgehead atoms. The number of aliphatic hydroxyl groups is 3. The van der Waals surface area contributed by atoms with E-state index in [0.717, 1.165) is 7.11 Å². The Morgan fingerprint density at radius 1 is 0.962 bits per heavy atom. The number of aliphatic hydroxyl groups excluding tert-OH is 2. The van der Waals surface area contributed by atoms with Crippen LogP contribution in [0.15, 0.2) is 24.3 Å². The fourth-order valence-corrected chi connectivity index (χ4v) is 8.23. The van der Waals surface area contributed by atoms with E-state index in [2.05, 4.69) is 0 Å². The first-order valence-corrected chi connectivity index (χ1v) is 17.2. The number of carbonyl (C=O) groups excluding carboxylic acids is 4. The van der Waals surface area contributed by atoms with E-state index in [4.69, 9.17) is 23.7 Å². The van der Waals surface area contributed by atoms with Crippen molar-refractivity contribution in [1.82, 2.24) is 4.90 Å². The second-order valence-corrected chi connectivity index (χ2v) is 14.5. The molecule has 5 N–H and O–H groups in total. The summed E-state index contributed by atoms with van der Waals surface area (Å²) in [5.41, 5.74) is -3.30. The first kappa shape index (κ1) is 37.9. The minimum atomic E-state index is -2.11. The molecule has 2 fully saturated rings. The predicted molar refractivity (Wildman–Crippen MR) is 179 cm³/mol. The highest BCUT2D eigenvalue weighted by Crippen LogP contribution is 2.54. The second kappa shape index (κ2) is 14.2. The van der Waals surface area contributed by atoms with E-state index in [1.165, 1.54) is 31.2 Å². The van der Waals surface area contributed by atoms with E-state index < -0.39 is 114 Å². The summed E-state index contributed by atoms with van der Waals surface area (Å²) in [4.78, 5) is 55.5. The molecule has 2 aromatic carbocycles. The summed E-state index contributed by atoms with van der Waals surface area (Å²) < 4.78 is 30.0. The van der Waals surface area contributed by atoms with E-state index in [1.807, 2.05) is 19.0 Å². The molecule has 0 saturated carbocycles. The van der Waals surface area contributed by atoms with Gasteiger partial charge in [-0.15, -0.1) is 0 Å². The third-order valence-electron chi connectivity index (χ3n) is 10.7. The number of phenolic OH excluding ortho intramolecular Hbond substituents is 2. The fraction of sp³-hybridized carbons (Fsp3) is 0.568. The number of Topliss-reactive ketones (excluding diaryl/α,β-unsaturated/α-hetero) is 1. The SMILES string of the molecule is COC(=O)[C@@H]1c2cc3c(c(O)c2[C@@H](O[C@@H]2C[C@H](N(C)C)[C@H](O[C@@H]4C[C@@H](O)[C@@H](O)[C@@H](C)O4)[C@H](C)O2)C[C@]1(O)CC(C)=O)C(=O)c1c(O)cccc1C3=O. The van der Waals surface area contributed by atoms with E-state index in [-0.39, 0.29) is 46.7 Å². The number of hydrogen-bond acceptors (Lipinski definition) is 15. The Labute approximate surface area is 300 Å². The molecule has 6 rings (SSSR count). The van der Waals surface area contributed by atoms with Crippen LogP contribution in [0.2, 0.25) is 0 Å². The topological polar surface area (TPSA) is 219 Å². The van der Waals surface area contributed by atoms with Crippen LogP contribution in [0.1, 0.15) is 101 Å². The Morgan fingerprint density at radius 3 is 2.27 bits per heavy atom. The Hall–Kier alpha value is -3.80. The number of fused-ring (bicyclic) bond motifs is 3. The van der Waals surface area contributed by atoms with Gasteiger partial charge < -0.3 is 54.1 Å². The van der Waals surface area contributed by atoms with Gasteiger partial charge in [-0.1, -0.05) is 12.1 Å². The van der Waals surface area contributed by atoms with Crippen LogP contribution in [0.3, 0.4) is 0 Å². The van der Waals surface area contributed by atoms with Crippen LogP contribution in [-0.4, -0.2) is 130 Å². The molecule has 2 aliphatic carbocycles.